The Hall–Kier alpha value is -1.94. The Morgan fingerprint density at radius 1 is 1.42 bits per heavy atom. The summed E-state index contributed by atoms with van der Waals surface area (Å²) < 4.78 is 1.85. The number of aromatic nitrogens is 2. The SMILES string of the molecule is Cc1ncc(C(=O)C2NCCc3ccccc32)n1C. The largest absolute Gasteiger partial charge is 0.329 e. The van der Waals surface area contributed by atoms with Crippen LogP contribution in [0.5, 0.6) is 0 Å². The van der Waals surface area contributed by atoms with Crippen molar-refractivity contribution in [2.75, 3.05) is 6.54 Å². The molecule has 0 radical (unpaired) electrons. The van der Waals surface area contributed by atoms with Gasteiger partial charge in [0, 0.05) is 13.6 Å². The third kappa shape index (κ3) is 1.98. The van der Waals surface area contributed by atoms with E-state index in [1.54, 1.807) is 6.20 Å². The standard InChI is InChI=1S/C15H17N3O/c1-10-17-9-13(18(10)2)15(19)14-12-6-4-3-5-11(12)7-8-16-14/h3-6,9,14,16H,7-8H2,1-2H3. The molecule has 1 aliphatic heterocycles. The van der Waals surface area contributed by atoms with Crippen LogP contribution < -0.4 is 5.32 Å². The van der Waals surface area contributed by atoms with Crippen molar-refractivity contribution in [3.05, 3.63) is 53.1 Å². The summed E-state index contributed by atoms with van der Waals surface area (Å²) >= 11 is 0. The first-order valence-corrected chi connectivity index (χ1v) is 6.52. The van der Waals surface area contributed by atoms with Gasteiger partial charge in [0.1, 0.15) is 11.5 Å². The summed E-state index contributed by atoms with van der Waals surface area (Å²) in [7, 11) is 1.88. The second kappa shape index (κ2) is 4.63. The van der Waals surface area contributed by atoms with E-state index < -0.39 is 0 Å². The van der Waals surface area contributed by atoms with Gasteiger partial charge < -0.3 is 9.88 Å². The maximum absolute atomic E-state index is 12.7. The summed E-state index contributed by atoms with van der Waals surface area (Å²) in [6.07, 6.45) is 2.64. The van der Waals surface area contributed by atoms with E-state index in [-0.39, 0.29) is 11.8 Å². The first kappa shape index (κ1) is 12.1. The van der Waals surface area contributed by atoms with Gasteiger partial charge in [0.05, 0.1) is 12.2 Å². The van der Waals surface area contributed by atoms with Gasteiger partial charge >= 0.3 is 0 Å². The monoisotopic (exact) mass is 255 g/mol. The van der Waals surface area contributed by atoms with Crippen molar-refractivity contribution in [1.29, 1.82) is 0 Å². The fourth-order valence-corrected chi connectivity index (χ4v) is 2.62. The molecule has 4 nitrogen and oxygen atoms in total. The van der Waals surface area contributed by atoms with Crippen molar-refractivity contribution in [3.8, 4) is 0 Å². The lowest BCUT2D eigenvalue weighted by molar-refractivity contribution is 0.0931. The van der Waals surface area contributed by atoms with Crippen molar-refractivity contribution in [2.24, 2.45) is 7.05 Å². The lowest BCUT2D eigenvalue weighted by Crippen LogP contribution is -2.35. The third-order valence-electron chi connectivity index (χ3n) is 3.84. The molecule has 4 heteroatoms. The van der Waals surface area contributed by atoms with Gasteiger partial charge in [-0.3, -0.25) is 4.79 Å². The first-order valence-electron chi connectivity index (χ1n) is 6.52. The van der Waals surface area contributed by atoms with Crippen molar-refractivity contribution in [3.63, 3.8) is 0 Å². The molecule has 0 saturated heterocycles. The van der Waals surface area contributed by atoms with Gasteiger partial charge in [0.25, 0.3) is 0 Å². The number of aryl methyl sites for hydroxylation is 1. The van der Waals surface area contributed by atoms with Crippen LogP contribution in [0.15, 0.2) is 30.5 Å². The van der Waals surface area contributed by atoms with Gasteiger partial charge in [-0.25, -0.2) is 4.98 Å². The Kier molecular flexibility index (Phi) is 2.95. The average molecular weight is 255 g/mol. The number of ketones is 1. The van der Waals surface area contributed by atoms with Crippen LogP contribution in [0.2, 0.25) is 0 Å². The topological polar surface area (TPSA) is 46.9 Å². The minimum atomic E-state index is -0.250. The number of nitrogens with zero attached hydrogens (tertiary/aromatic N) is 2. The highest BCUT2D eigenvalue weighted by atomic mass is 16.1. The summed E-state index contributed by atoms with van der Waals surface area (Å²) in [5.74, 6) is 0.947. The number of rotatable bonds is 2. The van der Waals surface area contributed by atoms with Gasteiger partial charge in [-0.05, 0) is 24.5 Å². The summed E-state index contributed by atoms with van der Waals surface area (Å²) in [5.41, 5.74) is 3.02. The van der Waals surface area contributed by atoms with E-state index in [4.69, 9.17) is 0 Å². The molecule has 0 spiro atoms. The van der Waals surface area contributed by atoms with E-state index in [0.29, 0.717) is 5.69 Å². The Morgan fingerprint density at radius 2 is 2.21 bits per heavy atom. The second-order valence-corrected chi connectivity index (χ2v) is 4.95. The minimum absolute atomic E-state index is 0.0928. The maximum atomic E-state index is 12.7. The van der Waals surface area contributed by atoms with E-state index in [2.05, 4.69) is 16.4 Å². The lowest BCUT2D eigenvalue weighted by Gasteiger charge is -2.25. The smallest absolute Gasteiger partial charge is 0.202 e. The summed E-state index contributed by atoms with van der Waals surface area (Å²) in [4.78, 5) is 16.9. The second-order valence-electron chi connectivity index (χ2n) is 4.95. The zero-order chi connectivity index (χ0) is 13.4. The molecule has 2 aromatic rings. The molecule has 2 heterocycles. The molecule has 0 saturated carbocycles. The number of hydrogen-bond donors (Lipinski definition) is 1. The van der Waals surface area contributed by atoms with Crippen LogP contribution in [0.25, 0.3) is 0 Å². The highest BCUT2D eigenvalue weighted by Gasteiger charge is 2.28. The Labute approximate surface area is 112 Å². The van der Waals surface area contributed by atoms with Gasteiger partial charge in [-0.2, -0.15) is 0 Å². The predicted molar refractivity (Wildman–Crippen MR) is 73.2 cm³/mol. The Morgan fingerprint density at radius 3 is 2.95 bits per heavy atom. The van der Waals surface area contributed by atoms with E-state index in [1.165, 1.54) is 5.56 Å². The third-order valence-corrected chi connectivity index (χ3v) is 3.84. The molecular formula is C15H17N3O. The molecule has 0 aliphatic carbocycles. The van der Waals surface area contributed by atoms with Crippen LogP contribution >= 0.6 is 0 Å². The van der Waals surface area contributed by atoms with Gasteiger partial charge in [-0.15, -0.1) is 0 Å². The van der Waals surface area contributed by atoms with Gasteiger partial charge in [0.15, 0.2) is 0 Å². The van der Waals surface area contributed by atoms with Crippen LogP contribution in [0, 0.1) is 6.92 Å². The van der Waals surface area contributed by atoms with Crippen LogP contribution in [-0.4, -0.2) is 21.9 Å². The number of Topliss-reactive ketones (excluding diaryl/α,β-unsaturated/α-hetero) is 1. The average Bonchev–Trinajstić information content (AvgIpc) is 2.78. The van der Waals surface area contributed by atoms with Gasteiger partial charge in [-0.1, -0.05) is 24.3 Å². The molecule has 0 bridgehead atoms. The van der Waals surface area contributed by atoms with Crippen LogP contribution in [0.1, 0.15) is 33.5 Å². The molecule has 98 valence electrons. The van der Waals surface area contributed by atoms with Crippen molar-refractivity contribution in [2.45, 2.75) is 19.4 Å². The zero-order valence-corrected chi connectivity index (χ0v) is 11.2. The molecular weight excluding hydrogens is 238 g/mol. The maximum Gasteiger partial charge on any atom is 0.202 e. The minimum Gasteiger partial charge on any atom is -0.329 e. The number of hydrogen-bond acceptors (Lipinski definition) is 3. The van der Waals surface area contributed by atoms with Crippen molar-refractivity contribution < 1.29 is 4.79 Å². The Balaban J connectivity index is 2.00. The molecule has 0 amide bonds. The lowest BCUT2D eigenvalue weighted by atomic mass is 9.91. The molecule has 0 fully saturated rings. The van der Waals surface area contributed by atoms with Crippen LogP contribution in [0.3, 0.4) is 0 Å². The van der Waals surface area contributed by atoms with E-state index in [0.717, 1.165) is 24.4 Å². The summed E-state index contributed by atoms with van der Waals surface area (Å²) in [5, 5.41) is 3.32. The molecule has 19 heavy (non-hydrogen) atoms. The first-order chi connectivity index (χ1) is 9.18. The zero-order valence-electron chi connectivity index (χ0n) is 11.2. The van der Waals surface area contributed by atoms with E-state index in [9.17, 15) is 4.79 Å². The molecule has 1 unspecified atom stereocenters. The summed E-state index contributed by atoms with van der Waals surface area (Å²) in [6, 6.07) is 7.90. The fraction of sp³-hybridized carbons (Fsp3) is 0.333. The van der Waals surface area contributed by atoms with Crippen molar-refractivity contribution in [1.82, 2.24) is 14.9 Å². The predicted octanol–water partition coefficient (Wildman–Crippen LogP) is 1.80. The number of benzene rings is 1. The quantitative estimate of drug-likeness (QED) is 0.832. The molecule has 3 rings (SSSR count). The fourth-order valence-electron chi connectivity index (χ4n) is 2.62. The molecule has 1 aliphatic rings. The number of nitrogens with one attached hydrogen (secondary N) is 1. The van der Waals surface area contributed by atoms with E-state index in [1.807, 2.05) is 36.7 Å². The summed E-state index contributed by atoms with van der Waals surface area (Å²) in [6.45, 7) is 2.74. The molecule has 1 aromatic carbocycles. The highest BCUT2D eigenvalue weighted by Crippen LogP contribution is 2.25. The number of carbonyl (C=O) groups is 1. The number of fused-ring (bicyclic) bond motifs is 1. The molecule has 1 N–H and O–H groups in total. The molecule has 1 aromatic heterocycles. The van der Waals surface area contributed by atoms with E-state index >= 15 is 0 Å². The normalized spacial score (nSPS) is 18.1. The number of carbonyl (C=O) groups excluding carboxylic acids is 1. The van der Waals surface area contributed by atoms with Crippen molar-refractivity contribution >= 4 is 5.78 Å². The van der Waals surface area contributed by atoms with Crippen LogP contribution in [-0.2, 0) is 13.5 Å². The molecule has 1 atom stereocenters. The highest BCUT2D eigenvalue weighted by molar-refractivity contribution is 5.99. The van der Waals surface area contributed by atoms with Crippen LogP contribution in [0.4, 0.5) is 0 Å². The van der Waals surface area contributed by atoms with Gasteiger partial charge in [0.2, 0.25) is 5.78 Å². The number of imidazole rings is 1. The Bertz CT molecular complexity index is 630.